The average molecular weight is 377 g/mol. The van der Waals surface area contributed by atoms with Gasteiger partial charge in [0.2, 0.25) is 0 Å². The summed E-state index contributed by atoms with van der Waals surface area (Å²) < 4.78 is 1.98. The van der Waals surface area contributed by atoms with Crippen molar-refractivity contribution >= 4 is 51.7 Å². The van der Waals surface area contributed by atoms with Crippen molar-refractivity contribution in [1.29, 1.82) is 0 Å². The molecule has 0 spiro atoms. The molecule has 0 saturated heterocycles. The molecule has 0 aliphatic heterocycles. The zero-order valence-electron chi connectivity index (χ0n) is 8.59. The lowest BCUT2D eigenvalue weighted by Crippen LogP contribution is -1.96. The molecular weight excluding hydrogens is 369 g/mol. The van der Waals surface area contributed by atoms with Gasteiger partial charge >= 0.3 is 5.97 Å². The van der Waals surface area contributed by atoms with E-state index in [1.54, 1.807) is 0 Å². The molecule has 6 heteroatoms. The highest BCUT2D eigenvalue weighted by atomic mass is 127. The molecule has 0 radical (unpaired) electrons. The molecule has 0 aliphatic rings. The van der Waals surface area contributed by atoms with E-state index in [1.165, 1.54) is 26.7 Å². The van der Waals surface area contributed by atoms with Crippen LogP contribution < -0.4 is 0 Å². The van der Waals surface area contributed by atoms with Crippen LogP contribution in [0.4, 0.5) is 0 Å². The average Bonchev–Trinajstić information content (AvgIpc) is 2.76. The van der Waals surface area contributed by atoms with E-state index in [9.17, 15) is 4.79 Å². The van der Waals surface area contributed by atoms with Crippen LogP contribution in [0.15, 0.2) is 34.0 Å². The van der Waals surface area contributed by atoms with Gasteiger partial charge in [-0.3, -0.25) is 4.79 Å². The van der Waals surface area contributed by atoms with Crippen molar-refractivity contribution in [2.45, 2.75) is 4.34 Å². The Bertz CT molecular complexity index is 525. The maximum atomic E-state index is 10.4. The van der Waals surface area contributed by atoms with Gasteiger partial charge in [-0.1, -0.05) is 23.9 Å². The van der Waals surface area contributed by atoms with Crippen LogP contribution in [-0.4, -0.2) is 21.8 Å². The lowest BCUT2D eigenvalue weighted by molar-refractivity contribution is -0.133. The van der Waals surface area contributed by atoms with Gasteiger partial charge in [0.1, 0.15) is 0 Å². The number of halogens is 1. The molecule has 0 bridgehead atoms. The van der Waals surface area contributed by atoms with Crippen LogP contribution in [0, 0.1) is 3.57 Å². The topological polar surface area (TPSA) is 50.2 Å². The Morgan fingerprint density at radius 3 is 2.76 bits per heavy atom. The normalized spacial score (nSPS) is 10.4. The summed E-state index contributed by atoms with van der Waals surface area (Å²) in [7, 11) is 0. The number of benzene rings is 1. The highest BCUT2D eigenvalue weighted by molar-refractivity contribution is 14.1. The summed E-state index contributed by atoms with van der Waals surface area (Å²) in [5.41, 5.74) is 1.96. The summed E-state index contributed by atoms with van der Waals surface area (Å²) in [6, 6.07) is 8.09. The number of thiazole rings is 1. The summed E-state index contributed by atoms with van der Waals surface area (Å²) in [4.78, 5) is 14.8. The number of rotatable bonds is 4. The van der Waals surface area contributed by atoms with E-state index in [4.69, 9.17) is 5.11 Å². The van der Waals surface area contributed by atoms with E-state index >= 15 is 0 Å². The van der Waals surface area contributed by atoms with Crippen LogP contribution in [0.25, 0.3) is 11.3 Å². The molecular formula is C11H8INO2S2. The number of thioether (sulfide) groups is 1. The van der Waals surface area contributed by atoms with Gasteiger partial charge in [-0.15, -0.1) is 11.3 Å². The quantitative estimate of drug-likeness (QED) is 0.654. The summed E-state index contributed by atoms with van der Waals surface area (Å²) in [6.07, 6.45) is 0. The molecule has 0 amide bonds. The fraction of sp³-hybridized carbons (Fsp3) is 0.0909. The molecule has 0 unspecified atom stereocenters. The number of aliphatic carboxylic acids is 1. The number of hydrogen-bond donors (Lipinski definition) is 1. The van der Waals surface area contributed by atoms with Gasteiger partial charge in [0.15, 0.2) is 4.34 Å². The van der Waals surface area contributed by atoms with E-state index in [2.05, 4.69) is 27.6 Å². The maximum Gasteiger partial charge on any atom is 0.313 e. The molecule has 0 saturated carbocycles. The molecule has 1 aromatic heterocycles. The first kappa shape index (κ1) is 12.8. The number of carboxylic acids is 1. The fourth-order valence-corrected chi connectivity index (χ4v) is 3.12. The highest BCUT2D eigenvalue weighted by Gasteiger charge is 2.06. The van der Waals surface area contributed by atoms with E-state index in [1.807, 2.05) is 29.6 Å². The van der Waals surface area contributed by atoms with Crippen LogP contribution in [0.3, 0.4) is 0 Å². The Labute approximate surface area is 120 Å². The van der Waals surface area contributed by atoms with Crippen molar-refractivity contribution < 1.29 is 9.90 Å². The van der Waals surface area contributed by atoms with E-state index < -0.39 is 5.97 Å². The second-order valence-corrected chi connectivity index (χ2v) is 6.51. The fourth-order valence-electron chi connectivity index (χ4n) is 1.20. The van der Waals surface area contributed by atoms with Gasteiger partial charge in [0, 0.05) is 14.5 Å². The molecule has 0 fully saturated rings. The van der Waals surface area contributed by atoms with Gasteiger partial charge in [0.25, 0.3) is 0 Å². The predicted molar refractivity (Wildman–Crippen MR) is 78.6 cm³/mol. The summed E-state index contributed by atoms with van der Waals surface area (Å²) in [5, 5.41) is 10.5. The molecule has 3 nitrogen and oxygen atoms in total. The van der Waals surface area contributed by atoms with E-state index in [0.29, 0.717) is 0 Å². The molecule has 2 aromatic rings. The standard InChI is InChI=1S/C11H8INO2S2/c12-8-3-1-7(2-4-8)9-5-16-11(13-9)17-6-10(14)15/h1-5H,6H2,(H,14,15). The zero-order valence-corrected chi connectivity index (χ0v) is 12.4. The monoisotopic (exact) mass is 377 g/mol. The maximum absolute atomic E-state index is 10.4. The number of nitrogens with zero attached hydrogens (tertiary/aromatic N) is 1. The molecule has 1 N–H and O–H groups in total. The number of carbonyl (C=O) groups is 1. The molecule has 0 atom stereocenters. The van der Waals surface area contributed by atoms with Crippen LogP contribution in [0.5, 0.6) is 0 Å². The Morgan fingerprint density at radius 1 is 1.41 bits per heavy atom. The summed E-state index contributed by atoms with van der Waals surface area (Å²) >= 11 is 4.99. The SMILES string of the molecule is O=C(O)CSc1nc(-c2ccc(I)cc2)cs1. The lowest BCUT2D eigenvalue weighted by Gasteiger charge is -1.96. The first-order valence-corrected chi connectivity index (χ1v) is 7.65. The molecule has 0 aliphatic carbocycles. The Morgan fingerprint density at radius 2 is 2.12 bits per heavy atom. The molecule has 2 rings (SSSR count). The largest absolute Gasteiger partial charge is 0.481 e. The van der Waals surface area contributed by atoms with Crippen molar-refractivity contribution in [3.8, 4) is 11.3 Å². The molecule has 1 heterocycles. The third-order valence-corrected chi connectivity index (χ3v) is 4.67. The second kappa shape index (κ2) is 5.83. The van der Waals surface area contributed by atoms with Crippen molar-refractivity contribution in [3.63, 3.8) is 0 Å². The Hall–Kier alpha value is -0.600. The van der Waals surface area contributed by atoms with Crippen LogP contribution in [-0.2, 0) is 4.79 Å². The van der Waals surface area contributed by atoms with Gasteiger partial charge in [-0.05, 0) is 34.7 Å². The molecule has 1 aromatic carbocycles. The second-order valence-electron chi connectivity index (χ2n) is 3.19. The van der Waals surface area contributed by atoms with Gasteiger partial charge in [0.05, 0.1) is 11.4 Å². The van der Waals surface area contributed by atoms with Gasteiger partial charge in [-0.2, -0.15) is 0 Å². The number of hydrogen-bond acceptors (Lipinski definition) is 4. The smallest absolute Gasteiger partial charge is 0.313 e. The lowest BCUT2D eigenvalue weighted by atomic mass is 10.2. The van der Waals surface area contributed by atoms with Gasteiger partial charge < -0.3 is 5.11 Å². The van der Waals surface area contributed by atoms with E-state index in [-0.39, 0.29) is 5.75 Å². The number of aromatic nitrogens is 1. The number of carboxylic acid groups (broad SMARTS) is 1. The van der Waals surface area contributed by atoms with Crippen molar-refractivity contribution in [3.05, 3.63) is 33.2 Å². The third-order valence-electron chi connectivity index (χ3n) is 1.94. The Balaban J connectivity index is 2.12. The van der Waals surface area contributed by atoms with Crippen LogP contribution in [0.1, 0.15) is 0 Å². The van der Waals surface area contributed by atoms with E-state index in [0.717, 1.165) is 15.6 Å². The van der Waals surface area contributed by atoms with Crippen molar-refractivity contribution in [2.24, 2.45) is 0 Å². The van der Waals surface area contributed by atoms with Crippen LogP contribution >= 0.6 is 45.7 Å². The molecule has 88 valence electrons. The third kappa shape index (κ3) is 3.68. The van der Waals surface area contributed by atoms with Crippen molar-refractivity contribution in [2.75, 3.05) is 5.75 Å². The zero-order chi connectivity index (χ0) is 12.3. The predicted octanol–water partition coefficient (Wildman–Crippen LogP) is 3.59. The Kier molecular flexibility index (Phi) is 4.41. The molecule has 17 heavy (non-hydrogen) atoms. The first-order chi connectivity index (χ1) is 8.15. The van der Waals surface area contributed by atoms with Gasteiger partial charge in [-0.25, -0.2) is 4.98 Å². The summed E-state index contributed by atoms with van der Waals surface area (Å²) in [6.45, 7) is 0. The first-order valence-electron chi connectivity index (χ1n) is 4.71. The summed E-state index contributed by atoms with van der Waals surface area (Å²) in [5.74, 6) is -0.763. The minimum absolute atomic E-state index is 0.0552. The minimum atomic E-state index is -0.819. The minimum Gasteiger partial charge on any atom is -0.481 e. The highest BCUT2D eigenvalue weighted by Crippen LogP contribution is 2.28. The van der Waals surface area contributed by atoms with Crippen LogP contribution in [0.2, 0.25) is 0 Å². The van der Waals surface area contributed by atoms with Crippen molar-refractivity contribution in [1.82, 2.24) is 4.98 Å².